The number of anilines is 1. The fourth-order valence-corrected chi connectivity index (χ4v) is 3.61. The predicted molar refractivity (Wildman–Crippen MR) is 116 cm³/mol. The lowest BCUT2D eigenvalue weighted by molar-refractivity contribution is -0.151. The normalized spacial score (nSPS) is 13.9. The van der Waals surface area contributed by atoms with Crippen molar-refractivity contribution in [1.29, 1.82) is 0 Å². The topological polar surface area (TPSA) is 92.8 Å². The number of ether oxygens (including phenoxy) is 1. The maximum Gasteiger partial charge on any atom is 0.329 e. The first-order valence-corrected chi connectivity index (χ1v) is 10.3. The summed E-state index contributed by atoms with van der Waals surface area (Å²) in [6.07, 6.45) is 0.983. The predicted octanol–water partition coefficient (Wildman–Crippen LogP) is 3.44. The van der Waals surface area contributed by atoms with E-state index in [4.69, 9.17) is 4.74 Å². The number of esters is 1. The first kappa shape index (κ1) is 22.2. The molecule has 2 aromatic carbocycles. The first-order valence-electron chi connectivity index (χ1n) is 10.3. The minimum atomic E-state index is -1.09. The Balaban J connectivity index is 1.70. The van der Waals surface area contributed by atoms with Gasteiger partial charge >= 0.3 is 5.97 Å². The quantitative estimate of drug-likeness (QED) is 0.520. The zero-order valence-corrected chi connectivity index (χ0v) is 17.9. The molecule has 2 aromatic rings. The SMILES string of the molecule is CCc1ccccc1NC(=O)COC(=O)C(CC(C)C)N1C(=O)c2ccccc2C1=O. The molecule has 0 bridgehead atoms. The van der Waals surface area contributed by atoms with E-state index in [1.165, 1.54) is 0 Å². The number of para-hydroxylation sites is 1. The van der Waals surface area contributed by atoms with Crippen LogP contribution in [0.2, 0.25) is 0 Å². The second-order valence-electron chi connectivity index (χ2n) is 7.84. The number of nitrogens with zero attached hydrogens (tertiary/aromatic N) is 1. The van der Waals surface area contributed by atoms with E-state index in [-0.39, 0.29) is 23.5 Å². The van der Waals surface area contributed by atoms with Gasteiger partial charge < -0.3 is 10.1 Å². The molecular weight excluding hydrogens is 396 g/mol. The Morgan fingerprint density at radius 3 is 2.13 bits per heavy atom. The van der Waals surface area contributed by atoms with Gasteiger partial charge in [-0.2, -0.15) is 0 Å². The first-order chi connectivity index (χ1) is 14.8. The smallest absolute Gasteiger partial charge is 0.329 e. The maximum absolute atomic E-state index is 12.8. The number of carbonyl (C=O) groups is 4. The lowest BCUT2D eigenvalue weighted by Crippen LogP contribution is -2.46. The molecule has 0 saturated heterocycles. The lowest BCUT2D eigenvalue weighted by atomic mass is 10.0. The molecule has 1 unspecified atom stereocenters. The van der Waals surface area contributed by atoms with Crippen molar-refractivity contribution in [2.24, 2.45) is 5.92 Å². The summed E-state index contributed by atoms with van der Waals surface area (Å²) >= 11 is 0. The van der Waals surface area contributed by atoms with E-state index in [0.29, 0.717) is 5.69 Å². The molecule has 162 valence electrons. The van der Waals surface area contributed by atoms with Gasteiger partial charge in [0, 0.05) is 5.69 Å². The average Bonchev–Trinajstić information content (AvgIpc) is 3.01. The van der Waals surface area contributed by atoms with Gasteiger partial charge in [0.15, 0.2) is 6.61 Å². The molecule has 3 rings (SSSR count). The Labute approximate surface area is 181 Å². The minimum Gasteiger partial charge on any atom is -0.454 e. The Morgan fingerprint density at radius 1 is 0.968 bits per heavy atom. The Morgan fingerprint density at radius 2 is 1.55 bits per heavy atom. The Kier molecular flexibility index (Phi) is 6.84. The maximum atomic E-state index is 12.8. The molecule has 7 nitrogen and oxygen atoms in total. The zero-order chi connectivity index (χ0) is 22.5. The second kappa shape index (κ2) is 9.55. The van der Waals surface area contributed by atoms with E-state index in [0.717, 1.165) is 16.9 Å². The van der Waals surface area contributed by atoms with E-state index in [2.05, 4.69) is 5.32 Å². The molecule has 3 amide bonds. The van der Waals surface area contributed by atoms with E-state index < -0.39 is 36.3 Å². The molecule has 0 fully saturated rings. The zero-order valence-electron chi connectivity index (χ0n) is 17.9. The summed E-state index contributed by atoms with van der Waals surface area (Å²) in [6, 6.07) is 12.7. The molecular formula is C24H26N2O5. The monoisotopic (exact) mass is 422 g/mol. The average molecular weight is 422 g/mol. The van der Waals surface area contributed by atoms with Crippen LogP contribution in [-0.2, 0) is 20.7 Å². The van der Waals surface area contributed by atoms with Gasteiger partial charge in [-0.25, -0.2) is 4.79 Å². The van der Waals surface area contributed by atoms with Gasteiger partial charge in [-0.05, 0) is 42.5 Å². The van der Waals surface area contributed by atoms with E-state index in [9.17, 15) is 19.2 Å². The molecule has 7 heteroatoms. The van der Waals surface area contributed by atoms with Crippen LogP contribution in [0.3, 0.4) is 0 Å². The number of carbonyl (C=O) groups excluding carboxylic acids is 4. The Bertz CT molecular complexity index is 980. The summed E-state index contributed by atoms with van der Waals surface area (Å²) < 4.78 is 5.22. The third-order valence-corrected chi connectivity index (χ3v) is 5.12. The van der Waals surface area contributed by atoms with Gasteiger partial charge in [-0.15, -0.1) is 0 Å². The fraction of sp³-hybridized carbons (Fsp3) is 0.333. The molecule has 0 spiro atoms. The van der Waals surface area contributed by atoms with Crippen molar-refractivity contribution >= 4 is 29.4 Å². The van der Waals surface area contributed by atoms with Crippen LogP contribution in [-0.4, -0.2) is 41.2 Å². The highest BCUT2D eigenvalue weighted by atomic mass is 16.5. The lowest BCUT2D eigenvalue weighted by Gasteiger charge is -2.25. The molecule has 0 saturated carbocycles. The van der Waals surface area contributed by atoms with Gasteiger partial charge in [0.05, 0.1) is 11.1 Å². The summed E-state index contributed by atoms with van der Waals surface area (Å²) in [6.45, 7) is 5.23. The van der Waals surface area contributed by atoms with Crippen LogP contribution >= 0.6 is 0 Å². The van der Waals surface area contributed by atoms with Gasteiger partial charge in [0.25, 0.3) is 17.7 Å². The highest BCUT2D eigenvalue weighted by Crippen LogP contribution is 2.27. The third kappa shape index (κ3) is 4.82. The number of amides is 3. The molecule has 1 aliphatic heterocycles. The summed E-state index contributed by atoms with van der Waals surface area (Å²) in [5, 5.41) is 2.73. The van der Waals surface area contributed by atoms with Crippen LogP contribution in [0, 0.1) is 5.92 Å². The number of hydrogen-bond acceptors (Lipinski definition) is 5. The molecule has 1 aliphatic rings. The highest BCUT2D eigenvalue weighted by molar-refractivity contribution is 6.22. The largest absolute Gasteiger partial charge is 0.454 e. The minimum absolute atomic E-state index is 0.0205. The third-order valence-electron chi connectivity index (χ3n) is 5.12. The molecule has 31 heavy (non-hydrogen) atoms. The molecule has 1 heterocycles. The van der Waals surface area contributed by atoms with Crippen molar-refractivity contribution in [3.05, 3.63) is 65.2 Å². The number of nitrogens with one attached hydrogen (secondary N) is 1. The number of imide groups is 1. The van der Waals surface area contributed by atoms with E-state index >= 15 is 0 Å². The summed E-state index contributed by atoms with van der Waals surface area (Å²) in [7, 11) is 0. The number of aryl methyl sites for hydroxylation is 1. The number of benzene rings is 2. The van der Waals surface area contributed by atoms with Crippen LogP contribution in [0.5, 0.6) is 0 Å². The molecule has 0 aliphatic carbocycles. The summed E-state index contributed by atoms with van der Waals surface area (Å²) in [4.78, 5) is 51.7. The Hall–Kier alpha value is -3.48. The molecule has 1 atom stereocenters. The summed E-state index contributed by atoms with van der Waals surface area (Å²) in [5.74, 6) is -2.29. The van der Waals surface area contributed by atoms with Gasteiger partial charge in [-0.1, -0.05) is 51.1 Å². The molecule has 1 N–H and O–H groups in total. The van der Waals surface area contributed by atoms with Gasteiger partial charge in [-0.3, -0.25) is 19.3 Å². The van der Waals surface area contributed by atoms with Crippen molar-refractivity contribution in [1.82, 2.24) is 4.90 Å². The fourth-order valence-electron chi connectivity index (χ4n) is 3.61. The van der Waals surface area contributed by atoms with Crippen LogP contribution in [0.15, 0.2) is 48.5 Å². The molecule has 0 radical (unpaired) electrons. The van der Waals surface area contributed by atoms with Crippen molar-refractivity contribution in [2.75, 3.05) is 11.9 Å². The number of fused-ring (bicyclic) bond motifs is 1. The second-order valence-corrected chi connectivity index (χ2v) is 7.84. The standard InChI is InChI=1S/C24H26N2O5/c1-4-16-9-5-8-12-19(16)25-21(27)14-31-24(30)20(13-15(2)3)26-22(28)17-10-6-7-11-18(17)23(26)29/h5-12,15,20H,4,13-14H2,1-3H3,(H,25,27). The van der Waals surface area contributed by atoms with Crippen LogP contribution in [0.1, 0.15) is 53.5 Å². The number of rotatable bonds is 8. The summed E-state index contributed by atoms with van der Waals surface area (Å²) in [5.41, 5.74) is 2.15. The number of hydrogen-bond donors (Lipinski definition) is 1. The van der Waals surface area contributed by atoms with Crippen molar-refractivity contribution < 1.29 is 23.9 Å². The highest BCUT2D eigenvalue weighted by Gasteiger charge is 2.43. The van der Waals surface area contributed by atoms with E-state index in [1.807, 2.05) is 39.0 Å². The van der Waals surface area contributed by atoms with Gasteiger partial charge in [0.1, 0.15) is 6.04 Å². The van der Waals surface area contributed by atoms with Crippen molar-refractivity contribution in [3.8, 4) is 0 Å². The van der Waals surface area contributed by atoms with Crippen LogP contribution < -0.4 is 5.32 Å². The van der Waals surface area contributed by atoms with Gasteiger partial charge in [0.2, 0.25) is 0 Å². The van der Waals surface area contributed by atoms with Crippen LogP contribution in [0.4, 0.5) is 5.69 Å². The van der Waals surface area contributed by atoms with Crippen molar-refractivity contribution in [2.45, 2.75) is 39.7 Å². The van der Waals surface area contributed by atoms with Crippen LogP contribution in [0.25, 0.3) is 0 Å². The van der Waals surface area contributed by atoms with Crippen molar-refractivity contribution in [3.63, 3.8) is 0 Å². The molecule has 0 aromatic heterocycles. The van der Waals surface area contributed by atoms with E-state index in [1.54, 1.807) is 30.3 Å².